The van der Waals surface area contributed by atoms with Crippen LogP contribution in [0.4, 0.5) is 5.69 Å². The van der Waals surface area contributed by atoms with Gasteiger partial charge in [-0.3, -0.25) is 4.98 Å². The lowest BCUT2D eigenvalue weighted by Gasteiger charge is -2.01. The molecule has 0 N–H and O–H groups in total. The smallest absolute Gasteiger partial charge is 0.211 e. The molecule has 1 aromatic carbocycles. The van der Waals surface area contributed by atoms with E-state index in [0.29, 0.717) is 5.02 Å². The molecule has 128 valence electrons. The lowest BCUT2D eigenvalue weighted by atomic mass is 10.3. The van der Waals surface area contributed by atoms with Crippen molar-refractivity contribution in [1.82, 2.24) is 9.66 Å². The van der Waals surface area contributed by atoms with E-state index in [1.54, 1.807) is 35.1 Å². The zero-order valence-corrected chi connectivity index (χ0v) is 15.9. The molecule has 0 fully saturated rings. The summed E-state index contributed by atoms with van der Waals surface area (Å²) in [6.45, 7) is 0. The third-order valence-electron chi connectivity index (χ3n) is 3.54. The van der Waals surface area contributed by atoms with E-state index in [4.69, 9.17) is 16.6 Å². The van der Waals surface area contributed by atoms with E-state index in [-0.39, 0.29) is 0 Å². The minimum Gasteiger partial charge on any atom is -0.265 e. The maximum atomic E-state index is 5.96. The second-order valence-corrected chi connectivity index (χ2v) is 7.53. The van der Waals surface area contributed by atoms with Gasteiger partial charge in [-0.05, 0) is 53.4 Å². The Morgan fingerprint density at radius 1 is 1.00 bits per heavy atom. The second-order valence-electron chi connectivity index (χ2n) is 5.31. The van der Waals surface area contributed by atoms with Crippen molar-refractivity contribution in [2.45, 2.75) is 0 Å². The maximum absolute atomic E-state index is 5.96. The van der Waals surface area contributed by atoms with Crippen LogP contribution in [0.15, 0.2) is 81.8 Å². The Bertz CT molecular complexity index is 1080. The molecule has 4 aromatic rings. The normalized spacial score (nSPS) is 12.1. The lowest BCUT2D eigenvalue weighted by molar-refractivity contribution is 0.856. The van der Waals surface area contributed by atoms with Gasteiger partial charge in [-0.2, -0.15) is 5.10 Å². The standard InChI is InChI=1S/C19H13ClN4S2/c20-15-3-5-16(6-4-15)23-19-24(22-12-14-7-9-21-10-8-14)17(13-26-19)18-2-1-11-25-18/h1-13H. The number of rotatable bonds is 4. The van der Waals surface area contributed by atoms with Crippen LogP contribution in [-0.2, 0) is 0 Å². The molecule has 4 rings (SSSR count). The molecular formula is C19H13ClN4S2. The lowest BCUT2D eigenvalue weighted by Crippen LogP contribution is -2.11. The molecule has 0 amide bonds. The monoisotopic (exact) mass is 396 g/mol. The van der Waals surface area contributed by atoms with Gasteiger partial charge >= 0.3 is 0 Å². The molecule has 3 aromatic heterocycles. The minimum atomic E-state index is 0.693. The van der Waals surface area contributed by atoms with E-state index in [1.807, 2.05) is 53.4 Å². The summed E-state index contributed by atoms with van der Waals surface area (Å²) in [5.41, 5.74) is 2.83. The van der Waals surface area contributed by atoms with Gasteiger partial charge < -0.3 is 0 Å². The van der Waals surface area contributed by atoms with Crippen molar-refractivity contribution < 1.29 is 0 Å². The number of hydrogen-bond acceptors (Lipinski definition) is 5. The number of pyridine rings is 1. The highest BCUT2D eigenvalue weighted by atomic mass is 35.5. The van der Waals surface area contributed by atoms with Gasteiger partial charge in [-0.25, -0.2) is 9.67 Å². The van der Waals surface area contributed by atoms with Crippen LogP contribution in [0.1, 0.15) is 5.56 Å². The molecule has 0 saturated carbocycles. The van der Waals surface area contributed by atoms with Crippen LogP contribution >= 0.6 is 34.3 Å². The van der Waals surface area contributed by atoms with Gasteiger partial charge in [0.25, 0.3) is 0 Å². The number of nitrogens with zero attached hydrogens (tertiary/aromatic N) is 4. The van der Waals surface area contributed by atoms with Crippen LogP contribution in [-0.4, -0.2) is 15.9 Å². The number of hydrogen-bond donors (Lipinski definition) is 0. The summed E-state index contributed by atoms with van der Waals surface area (Å²) in [5.74, 6) is 0. The van der Waals surface area contributed by atoms with Crippen molar-refractivity contribution in [3.8, 4) is 10.6 Å². The van der Waals surface area contributed by atoms with E-state index < -0.39 is 0 Å². The molecular weight excluding hydrogens is 384 g/mol. The maximum Gasteiger partial charge on any atom is 0.211 e. The molecule has 0 aliphatic heterocycles. The van der Waals surface area contributed by atoms with Crippen molar-refractivity contribution in [2.75, 3.05) is 0 Å². The van der Waals surface area contributed by atoms with Crippen LogP contribution in [0.5, 0.6) is 0 Å². The summed E-state index contributed by atoms with van der Waals surface area (Å²) in [7, 11) is 0. The van der Waals surface area contributed by atoms with Crippen molar-refractivity contribution in [1.29, 1.82) is 0 Å². The summed E-state index contributed by atoms with van der Waals surface area (Å²) < 4.78 is 1.87. The Morgan fingerprint density at radius 2 is 1.81 bits per heavy atom. The molecule has 7 heteroatoms. The second kappa shape index (κ2) is 7.78. The van der Waals surface area contributed by atoms with Gasteiger partial charge in [0, 0.05) is 22.8 Å². The van der Waals surface area contributed by atoms with Crippen LogP contribution < -0.4 is 4.80 Å². The summed E-state index contributed by atoms with van der Waals surface area (Å²) in [4.78, 5) is 10.7. The fourth-order valence-electron chi connectivity index (χ4n) is 2.28. The molecule has 0 aliphatic rings. The number of benzene rings is 1. The molecule has 4 nitrogen and oxygen atoms in total. The van der Waals surface area contributed by atoms with Gasteiger partial charge in [0.1, 0.15) is 0 Å². The zero-order chi connectivity index (χ0) is 17.8. The average molecular weight is 397 g/mol. The van der Waals surface area contributed by atoms with Crippen LogP contribution in [0.3, 0.4) is 0 Å². The molecule has 0 spiro atoms. The quantitative estimate of drug-likeness (QED) is 0.423. The molecule has 3 heterocycles. The summed E-state index contributed by atoms with van der Waals surface area (Å²) in [5, 5.41) is 9.49. The van der Waals surface area contributed by atoms with Gasteiger partial charge in [0.05, 0.1) is 22.5 Å². The predicted molar refractivity (Wildman–Crippen MR) is 110 cm³/mol. The fourth-order valence-corrected chi connectivity index (χ4v) is 4.06. The first-order chi connectivity index (χ1) is 12.8. The van der Waals surface area contributed by atoms with Gasteiger partial charge in [0.15, 0.2) is 0 Å². The van der Waals surface area contributed by atoms with Gasteiger partial charge in [-0.1, -0.05) is 17.7 Å². The van der Waals surface area contributed by atoms with Gasteiger partial charge in [-0.15, -0.1) is 22.7 Å². The van der Waals surface area contributed by atoms with E-state index >= 15 is 0 Å². The highest BCUT2D eigenvalue weighted by Gasteiger charge is 2.08. The van der Waals surface area contributed by atoms with E-state index in [2.05, 4.69) is 26.9 Å². The van der Waals surface area contributed by atoms with Crippen molar-refractivity contribution in [2.24, 2.45) is 10.1 Å². The largest absolute Gasteiger partial charge is 0.265 e. The molecule has 0 radical (unpaired) electrons. The highest BCUT2D eigenvalue weighted by molar-refractivity contribution is 7.14. The number of halogens is 1. The number of thiazole rings is 1. The minimum absolute atomic E-state index is 0.693. The van der Waals surface area contributed by atoms with Crippen molar-refractivity contribution in [3.05, 3.63) is 87.1 Å². The Morgan fingerprint density at radius 3 is 2.54 bits per heavy atom. The third kappa shape index (κ3) is 3.83. The van der Waals surface area contributed by atoms with Crippen LogP contribution in [0.25, 0.3) is 10.6 Å². The molecule has 26 heavy (non-hydrogen) atoms. The first kappa shape index (κ1) is 16.9. The Hall–Kier alpha value is -2.54. The first-order valence-electron chi connectivity index (χ1n) is 7.79. The first-order valence-corrected chi connectivity index (χ1v) is 9.92. The van der Waals surface area contributed by atoms with Gasteiger partial charge in [0.2, 0.25) is 4.80 Å². The Labute approximate surface area is 163 Å². The van der Waals surface area contributed by atoms with Crippen LogP contribution in [0.2, 0.25) is 5.02 Å². The third-order valence-corrected chi connectivity index (χ3v) is 5.50. The van der Waals surface area contributed by atoms with E-state index in [1.165, 1.54) is 0 Å². The molecule has 0 atom stereocenters. The molecule has 0 bridgehead atoms. The Kier molecular flexibility index (Phi) is 5.06. The summed E-state index contributed by atoms with van der Waals surface area (Å²) in [6.07, 6.45) is 5.31. The van der Waals surface area contributed by atoms with Crippen LogP contribution in [0, 0.1) is 0 Å². The fraction of sp³-hybridized carbons (Fsp3) is 0. The highest BCUT2D eigenvalue weighted by Crippen LogP contribution is 2.25. The van der Waals surface area contributed by atoms with E-state index in [9.17, 15) is 0 Å². The van der Waals surface area contributed by atoms with Crippen molar-refractivity contribution >= 4 is 46.2 Å². The number of aromatic nitrogens is 2. The molecule has 0 saturated heterocycles. The van der Waals surface area contributed by atoms with Crippen molar-refractivity contribution in [3.63, 3.8) is 0 Å². The van der Waals surface area contributed by atoms with E-state index in [0.717, 1.165) is 26.6 Å². The Balaban J connectivity index is 1.82. The summed E-state index contributed by atoms with van der Waals surface area (Å²) in [6, 6.07) is 15.4. The summed E-state index contributed by atoms with van der Waals surface area (Å²) >= 11 is 9.19. The SMILES string of the molecule is Clc1ccc(N=c2scc(-c3cccs3)n2N=Cc2ccncc2)cc1. The number of thiophene rings is 1. The average Bonchev–Trinajstić information content (AvgIpc) is 3.32. The molecule has 0 unspecified atom stereocenters. The zero-order valence-electron chi connectivity index (χ0n) is 13.5. The molecule has 0 aliphatic carbocycles. The topological polar surface area (TPSA) is 42.5 Å². The predicted octanol–water partition coefficient (Wildman–Crippen LogP) is 5.44.